The Bertz CT molecular complexity index is 226. The van der Waals surface area contributed by atoms with Gasteiger partial charge in [-0.05, 0) is 40.5 Å². The molecule has 0 amide bonds. The van der Waals surface area contributed by atoms with Gasteiger partial charge in [0.2, 0.25) is 0 Å². The van der Waals surface area contributed by atoms with E-state index in [4.69, 9.17) is 15.0 Å². The van der Waals surface area contributed by atoms with E-state index in [1.165, 1.54) is 0 Å². The second-order valence-electron chi connectivity index (χ2n) is 5.47. The van der Waals surface area contributed by atoms with E-state index in [0.29, 0.717) is 0 Å². The van der Waals surface area contributed by atoms with Gasteiger partial charge < -0.3 is 15.0 Å². The molecule has 1 rings (SSSR count). The molecule has 0 radical (unpaired) electrons. The first kappa shape index (κ1) is 17.7. The van der Waals surface area contributed by atoms with Crippen molar-refractivity contribution in [2.75, 3.05) is 5.33 Å². The van der Waals surface area contributed by atoms with Gasteiger partial charge in [0.1, 0.15) is 0 Å². The van der Waals surface area contributed by atoms with E-state index in [0.717, 1.165) is 24.6 Å². The molecule has 0 aromatic heterocycles. The first-order valence-electron chi connectivity index (χ1n) is 5.97. The van der Waals surface area contributed by atoms with Gasteiger partial charge >= 0.3 is 7.12 Å². The van der Waals surface area contributed by atoms with Crippen molar-refractivity contribution in [1.29, 1.82) is 0 Å². The summed E-state index contributed by atoms with van der Waals surface area (Å²) in [5.74, 6) is -0.0277. The van der Waals surface area contributed by atoms with Gasteiger partial charge in [-0.2, -0.15) is 0 Å². The van der Waals surface area contributed by atoms with Crippen LogP contribution in [-0.4, -0.2) is 29.6 Å². The third-order valence-corrected chi connectivity index (χ3v) is 4.10. The van der Waals surface area contributed by atoms with Gasteiger partial charge in [-0.3, -0.25) is 0 Å². The summed E-state index contributed by atoms with van der Waals surface area (Å²) < 4.78 is 11.8. The molecule has 2 N–H and O–H groups in total. The number of unbranched alkanes of at least 4 members (excludes halogenated alkanes) is 1. The van der Waals surface area contributed by atoms with E-state index in [9.17, 15) is 0 Å². The molecule has 1 saturated heterocycles. The molecule has 0 saturated carbocycles. The zero-order valence-electron chi connectivity index (χ0n) is 11.2. The molecule has 1 aliphatic rings. The minimum absolute atomic E-state index is 0. The van der Waals surface area contributed by atoms with Gasteiger partial charge in [-0.25, -0.2) is 0 Å². The standard InChI is InChI=1S/C11H23BBrNO2.ClH/c1-10(2)11(3,4)16-12(15-10)9(14)7-5-6-8-13;/h9H,5-8,14H2,1-4H3;1H. The SMILES string of the molecule is CC1(C)OB(C(N)CCCCBr)OC1(C)C.Cl. The summed E-state index contributed by atoms with van der Waals surface area (Å²) in [6.07, 6.45) is 3.20. The van der Waals surface area contributed by atoms with Gasteiger partial charge in [0.15, 0.2) is 0 Å². The normalized spacial score (nSPS) is 23.3. The predicted octanol–water partition coefficient (Wildman–Crippen LogP) is 2.93. The summed E-state index contributed by atoms with van der Waals surface area (Å²) in [4.78, 5) is 0. The lowest BCUT2D eigenvalue weighted by molar-refractivity contribution is 0.00578. The van der Waals surface area contributed by atoms with Crippen molar-refractivity contribution in [3.05, 3.63) is 0 Å². The van der Waals surface area contributed by atoms with Crippen LogP contribution in [0.2, 0.25) is 0 Å². The maximum absolute atomic E-state index is 6.10. The summed E-state index contributed by atoms with van der Waals surface area (Å²) in [7, 11) is -0.264. The lowest BCUT2D eigenvalue weighted by Gasteiger charge is -2.32. The van der Waals surface area contributed by atoms with E-state index in [-0.39, 0.29) is 36.7 Å². The van der Waals surface area contributed by atoms with Gasteiger partial charge in [-0.1, -0.05) is 22.4 Å². The Kier molecular flexibility index (Phi) is 7.04. The fourth-order valence-electron chi connectivity index (χ4n) is 1.67. The van der Waals surface area contributed by atoms with E-state index >= 15 is 0 Å². The molecule has 1 fully saturated rings. The Morgan fingerprint density at radius 1 is 1.12 bits per heavy atom. The highest BCUT2D eigenvalue weighted by Crippen LogP contribution is 2.37. The van der Waals surface area contributed by atoms with E-state index in [1.807, 2.05) is 0 Å². The molecule has 6 heteroatoms. The first-order chi connectivity index (χ1) is 7.30. The molecule has 0 aliphatic carbocycles. The third-order valence-electron chi connectivity index (χ3n) is 3.54. The molecule has 0 spiro atoms. The molecular weight excluding hydrogens is 304 g/mol. The zero-order valence-corrected chi connectivity index (χ0v) is 13.6. The lowest BCUT2D eigenvalue weighted by Crippen LogP contribution is -2.41. The van der Waals surface area contributed by atoms with Crippen LogP contribution in [0.3, 0.4) is 0 Å². The van der Waals surface area contributed by atoms with Crippen molar-refractivity contribution in [2.45, 2.75) is 64.1 Å². The molecule has 3 nitrogen and oxygen atoms in total. The van der Waals surface area contributed by atoms with Crippen molar-refractivity contribution >= 4 is 35.5 Å². The molecule has 0 aromatic carbocycles. The van der Waals surface area contributed by atoms with E-state index < -0.39 is 0 Å². The maximum Gasteiger partial charge on any atom is 0.475 e. The second-order valence-corrected chi connectivity index (χ2v) is 6.27. The first-order valence-corrected chi connectivity index (χ1v) is 7.09. The number of halogens is 2. The molecule has 102 valence electrons. The molecule has 1 aliphatic heterocycles. The zero-order chi connectivity index (χ0) is 12.4. The van der Waals surface area contributed by atoms with Gasteiger partial charge in [0.25, 0.3) is 0 Å². The van der Waals surface area contributed by atoms with Crippen LogP contribution in [-0.2, 0) is 9.31 Å². The van der Waals surface area contributed by atoms with Crippen LogP contribution in [0.1, 0.15) is 47.0 Å². The lowest BCUT2D eigenvalue weighted by atomic mass is 9.76. The Morgan fingerprint density at radius 3 is 2.00 bits per heavy atom. The van der Waals surface area contributed by atoms with Gasteiger partial charge in [0.05, 0.1) is 11.2 Å². The van der Waals surface area contributed by atoms with Crippen LogP contribution < -0.4 is 5.73 Å². The smallest absolute Gasteiger partial charge is 0.402 e. The minimum Gasteiger partial charge on any atom is -0.402 e. The quantitative estimate of drug-likeness (QED) is 0.479. The van der Waals surface area contributed by atoms with E-state index in [1.54, 1.807) is 0 Å². The second kappa shape index (κ2) is 6.76. The van der Waals surface area contributed by atoms with Crippen LogP contribution in [0.25, 0.3) is 0 Å². The van der Waals surface area contributed by atoms with Crippen molar-refractivity contribution in [1.82, 2.24) is 0 Å². The average molecular weight is 328 g/mol. The van der Waals surface area contributed by atoms with Gasteiger partial charge in [-0.15, -0.1) is 12.4 Å². The fraction of sp³-hybridized carbons (Fsp3) is 1.00. The van der Waals surface area contributed by atoms with Crippen molar-refractivity contribution in [3.8, 4) is 0 Å². The van der Waals surface area contributed by atoms with Crippen LogP contribution in [0.15, 0.2) is 0 Å². The highest BCUT2D eigenvalue weighted by atomic mass is 79.9. The Labute approximate surface area is 120 Å². The number of hydrogen-bond acceptors (Lipinski definition) is 3. The van der Waals surface area contributed by atoms with Crippen LogP contribution in [0.4, 0.5) is 0 Å². The monoisotopic (exact) mass is 327 g/mol. The largest absolute Gasteiger partial charge is 0.475 e. The molecule has 0 bridgehead atoms. The number of alkyl halides is 1. The molecular formula is C11H24BBrClNO2. The van der Waals surface area contributed by atoms with Crippen LogP contribution in [0, 0.1) is 0 Å². The number of hydrogen-bond donors (Lipinski definition) is 1. The number of rotatable bonds is 5. The Hall–Kier alpha value is 0.715. The molecule has 1 unspecified atom stereocenters. The topological polar surface area (TPSA) is 44.5 Å². The van der Waals surface area contributed by atoms with Gasteiger partial charge in [0, 0.05) is 11.3 Å². The third kappa shape index (κ3) is 4.39. The van der Waals surface area contributed by atoms with Crippen LogP contribution >= 0.6 is 28.3 Å². The summed E-state index contributed by atoms with van der Waals surface area (Å²) in [6.45, 7) is 8.22. The summed E-state index contributed by atoms with van der Waals surface area (Å²) in [5, 5.41) is 1.03. The van der Waals surface area contributed by atoms with Crippen LogP contribution in [0.5, 0.6) is 0 Å². The highest BCUT2D eigenvalue weighted by molar-refractivity contribution is 9.09. The minimum atomic E-state index is -0.273. The summed E-state index contributed by atoms with van der Waals surface area (Å²) in [6, 6.07) is 0. The molecule has 0 aromatic rings. The van der Waals surface area contributed by atoms with Crippen molar-refractivity contribution in [3.63, 3.8) is 0 Å². The van der Waals surface area contributed by atoms with Crippen molar-refractivity contribution in [2.24, 2.45) is 5.73 Å². The molecule has 1 heterocycles. The highest BCUT2D eigenvalue weighted by Gasteiger charge is 2.52. The Balaban J connectivity index is 0.00000256. The van der Waals surface area contributed by atoms with E-state index in [2.05, 4.69) is 43.6 Å². The molecule has 17 heavy (non-hydrogen) atoms. The summed E-state index contributed by atoms with van der Waals surface area (Å²) in [5.41, 5.74) is 5.55. The Morgan fingerprint density at radius 2 is 1.59 bits per heavy atom. The average Bonchev–Trinajstić information content (AvgIpc) is 2.36. The summed E-state index contributed by atoms with van der Waals surface area (Å²) >= 11 is 3.42. The van der Waals surface area contributed by atoms with Crippen molar-refractivity contribution < 1.29 is 9.31 Å². The molecule has 1 atom stereocenters. The predicted molar refractivity (Wildman–Crippen MR) is 79.0 cm³/mol. The maximum atomic E-state index is 6.10. The fourth-order valence-corrected chi connectivity index (χ4v) is 2.07. The number of nitrogens with two attached hydrogens (primary N) is 1.